The fraction of sp³-hybridized carbons (Fsp3) is 0.294. The Morgan fingerprint density at radius 2 is 1.43 bits per heavy atom. The van der Waals surface area contributed by atoms with Crippen LogP contribution in [0.5, 0.6) is 5.75 Å². The Morgan fingerprint density at radius 1 is 0.870 bits per heavy atom. The fourth-order valence-corrected chi connectivity index (χ4v) is 1.98. The molecule has 2 rings (SSSR count). The Kier molecular flexibility index (Phi) is 6.78. The molecule has 0 radical (unpaired) electrons. The zero-order chi connectivity index (χ0) is 16.5. The van der Waals surface area contributed by atoms with Crippen molar-refractivity contribution < 1.29 is 14.8 Å². The second kappa shape index (κ2) is 9.07. The van der Waals surface area contributed by atoms with Gasteiger partial charge in [0.25, 0.3) is 0 Å². The van der Waals surface area contributed by atoms with E-state index in [2.05, 4.69) is 17.2 Å². The minimum atomic E-state index is -1.47. The maximum atomic E-state index is 9.03. The lowest BCUT2D eigenvalue weighted by atomic mass is 9.80. The van der Waals surface area contributed by atoms with E-state index in [4.69, 9.17) is 14.8 Å². The molecule has 2 N–H and O–H groups in total. The lowest BCUT2D eigenvalue weighted by Gasteiger charge is -2.05. The van der Waals surface area contributed by atoms with Crippen LogP contribution >= 0.6 is 0 Å². The van der Waals surface area contributed by atoms with Crippen molar-refractivity contribution in [1.29, 1.82) is 0 Å². The van der Waals surface area contributed by atoms with Gasteiger partial charge in [-0.2, -0.15) is 10.2 Å². The molecule has 0 atom stereocenters. The Labute approximate surface area is 136 Å². The molecule has 0 saturated heterocycles. The number of nitrogens with zero attached hydrogens (tertiary/aromatic N) is 2. The van der Waals surface area contributed by atoms with Gasteiger partial charge in [0.2, 0.25) is 0 Å². The van der Waals surface area contributed by atoms with Crippen molar-refractivity contribution in [3.63, 3.8) is 0 Å². The molecule has 5 nitrogen and oxygen atoms in total. The van der Waals surface area contributed by atoms with Gasteiger partial charge in [-0.25, -0.2) is 0 Å². The molecule has 0 aliphatic carbocycles. The summed E-state index contributed by atoms with van der Waals surface area (Å²) in [4.78, 5) is 0. The smallest absolute Gasteiger partial charge is 0.488 e. The molecule has 0 bridgehead atoms. The molecule has 2 aromatic carbocycles. The van der Waals surface area contributed by atoms with Crippen LogP contribution in [-0.4, -0.2) is 23.8 Å². The molecule has 0 spiro atoms. The monoisotopic (exact) mass is 312 g/mol. The summed E-state index contributed by atoms with van der Waals surface area (Å²) in [5.41, 5.74) is 1.81. The predicted octanol–water partition coefficient (Wildman–Crippen LogP) is 3.35. The van der Waals surface area contributed by atoms with Gasteiger partial charge in [-0.15, -0.1) is 0 Å². The fourth-order valence-electron chi connectivity index (χ4n) is 1.98. The van der Waals surface area contributed by atoms with Gasteiger partial charge in [-0.1, -0.05) is 31.9 Å². The van der Waals surface area contributed by atoms with Gasteiger partial charge in [0, 0.05) is 0 Å². The van der Waals surface area contributed by atoms with Crippen LogP contribution in [0.2, 0.25) is 0 Å². The molecule has 0 heterocycles. The van der Waals surface area contributed by atoms with E-state index in [1.165, 1.54) is 12.8 Å². The lowest BCUT2D eigenvalue weighted by molar-refractivity contribution is 0.306. The lowest BCUT2D eigenvalue weighted by Crippen LogP contribution is -2.29. The summed E-state index contributed by atoms with van der Waals surface area (Å²) in [7, 11) is -1.47. The summed E-state index contributed by atoms with van der Waals surface area (Å²) in [5, 5.41) is 26.3. The Hall–Kier alpha value is -2.18. The third-order valence-corrected chi connectivity index (χ3v) is 3.33. The number of rotatable bonds is 8. The van der Waals surface area contributed by atoms with E-state index < -0.39 is 7.12 Å². The molecular weight excluding hydrogens is 291 g/mol. The maximum absolute atomic E-state index is 9.03. The van der Waals surface area contributed by atoms with E-state index in [1.54, 1.807) is 24.3 Å². The molecule has 2 aromatic rings. The van der Waals surface area contributed by atoms with Crippen LogP contribution in [0.3, 0.4) is 0 Å². The molecule has 0 unspecified atom stereocenters. The van der Waals surface area contributed by atoms with Crippen molar-refractivity contribution in [2.45, 2.75) is 26.2 Å². The van der Waals surface area contributed by atoms with Crippen molar-refractivity contribution >= 4 is 24.0 Å². The molecule has 0 fully saturated rings. The topological polar surface area (TPSA) is 74.4 Å². The molecule has 0 saturated carbocycles. The van der Waals surface area contributed by atoms with E-state index >= 15 is 0 Å². The second-order valence-corrected chi connectivity index (χ2v) is 5.21. The van der Waals surface area contributed by atoms with Crippen LogP contribution in [-0.2, 0) is 0 Å². The molecule has 0 aliphatic heterocycles. The Morgan fingerprint density at radius 3 is 1.96 bits per heavy atom. The van der Waals surface area contributed by atoms with Crippen LogP contribution in [0.15, 0.2) is 58.8 Å². The quantitative estimate of drug-likeness (QED) is 0.446. The van der Waals surface area contributed by atoms with E-state index in [9.17, 15) is 0 Å². The van der Waals surface area contributed by atoms with Crippen LogP contribution < -0.4 is 10.2 Å². The van der Waals surface area contributed by atoms with Crippen molar-refractivity contribution in [2.24, 2.45) is 10.2 Å². The maximum Gasteiger partial charge on any atom is 0.488 e. The first-order valence-electron chi connectivity index (χ1n) is 7.79. The zero-order valence-electron chi connectivity index (χ0n) is 13.2. The standard InChI is InChI=1S/C17H21BN2O3/c1-2-3-4-13-23-17-11-9-16(10-12-17)20-19-15-7-5-14(6-8-15)18(21)22/h5-12,21-22H,2-4,13H2,1H3. The van der Waals surface area contributed by atoms with Gasteiger partial charge in [-0.3, -0.25) is 0 Å². The van der Waals surface area contributed by atoms with Gasteiger partial charge in [-0.05, 0) is 48.3 Å². The molecule has 120 valence electrons. The molecule has 0 aromatic heterocycles. The van der Waals surface area contributed by atoms with Crippen molar-refractivity contribution in [3.05, 3.63) is 48.5 Å². The number of ether oxygens (including phenoxy) is 1. The van der Waals surface area contributed by atoms with Crippen molar-refractivity contribution in [2.75, 3.05) is 6.61 Å². The third kappa shape index (κ3) is 5.85. The number of hydrogen-bond donors (Lipinski definition) is 2. The number of azo groups is 1. The number of unbranched alkanes of at least 4 members (excludes halogenated alkanes) is 2. The SMILES string of the molecule is CCCCCOc1ccc(N=Nc2ccc(B(O)O)cc2)cc1. The molecule has 0 amide bonds. The van der Waals surface area contributed by atoms with E-state index in [0.29, 0.717) is 11.2 Å². The van der Waals surface area contributed by atoms with Crippen LogP contribution in [0, 0.1) is 0 Å². The predicted molar refractivity (Wildman–Crippen MR) is 91.9 cm³/mol. The molecular formula is C17H21BN2O3. The highest BCUT2D eigenvalue weighted by Gasteiger charge is 2.09. The number of hydrogen-bond acceptors (Lipinski definition) is 5. The van der Waals surface area contributed by atoms with E-state index in [0.717, 1.165) is 24.5 Å². The highest BCUT2D eigenvalue weighted by atomic mass is 16.5. The highest BCUT2D eigenvalue weighted by Crippen LogP contribution is 2.21. The Balaban J connectivity index is 1.89. The van der Waals surface area contributed by atoms with Crippen LogP contribution in [0.1, 0.15) is 26.2 Å². The zero-order valence-corrected chi connectivity index (χ0v) is 13.2. The minimum absolute atomic E-state index is 0.425. The minimum Gasteiger partial charge on any atom is -0.494 e. The molecule has 6 heteroatoms. The van der Waals surface area contributed by atoms with Gasteiger partial charge >= 0.3 is 7.12 Å². The summed E-state index contributed by atoms with van der Waals surface area (Å²) in [6.07, 6.45) is 3.43. The average Bonchev–Trinajstić information content (AvgIpc) is 2.58. The van der Waals surface area contributed by atoms with E-state index in [1.807, 2.05) is 24.3 Å². The van der Waals surface area contributed by atoms with Gasteiger partial charge in [0.05, 0.1) is 18.0 Å². The summed E-state index contributed by atoms with van der Waals surface area (Å²) >= 11 is 0. The summed E-state index contributed by atoms with van der Waals surface area (Å²) in [6, 6.07) is 14.0. The first-order valence-corrected chi connectivity index (χ1v) is 7.79. The third-order valence-electron chi connectivity index (χ3n) is 3.33. The summed E-state index contributed by atoms with van der Waals surface area (Å²) in [6.45, 7) is 2.90. The van der Waals surface area contributed by atoms with Crippen molar-refractivity contribution in [1.82, 2.24) is 0 Å². The number of benzene rings is 2. The van der Waals surface area contributed by atoms with Crippen LogP contribution in [0.25, 0.3) is 0 Å². The first kappa shape index (κ1) is 17.2. The summed E-state index contributed by atoms with van der Waals surface area (Å²) in [5.74, 6) is 0.835. The average molecular weight is 312 g/mol. The van der Waals surface area contributed by atoms with E-state index in [-0.39, 0.29) is 0 Å². The Bertz CT molecular complexity index is 613. The normalized spacial score (nSPS) is 10.9. The highest BCUT2D eigenvalue weighted by molar-refractivity contribution is 6.58. The largest absolute Gasteiger partial charge is 0.494 e. The summed E-state index contributed by atoms with van der Waals surface area (Å²) < 4.78 is 5.64. The molecule has 23 heavy (non-hydrogen) atoms. The van der Waals surface area contributed by atoms with Gasteiger partial charge < -0.3 is 14.8 Å². The van der Waals surface area contributed by atoms with Crippen molar-refractivity contribution in [3.8, 4) is 5.75 Å². The second-order valence-electron chi connectivity index (χ2n) is 5.21. The van der Waals surface area contributed by atoms with Crippen LogP contribution in [0.4, 0.5) is 11.4 Å². The first-order chi connectivity index (χ1) is 11.2. The van der Waals surface area contributed by atoms with Gasteiger partial charge in [0.15, 0.2) is 0 Å². The molecule has 0 aliphatic rings. The van der Waals surface area contributed by atoms with Gasteiger partial charge in [0.1, 0.15) is 5.75 Å².